The predicted octanol–water partition coefficient (Wildman–Crippen LogP) is 1.27. The van der Waals surface area contributed by atoms with Crippen molar-refractivity contribution in [2.45, 2.75) is 44.7 Å². The van der Waals surface area contributed by atoms with Gasteiger partial charge in [0.05, 0.1) is 6.54 Å². The minimum Gasteiger partial charge on any atom is -0.338 e. The third kappa shape index (κ3) is 2.12. The molecule has 1 aromatic heterocycles. The van der Waals surface area contributed by atoms with Crippen LogP contribution >= 0.6 is 0 Å². The highest BCUT2D eigenvalue weighted by Crippen LogP contribution is 2.31. The average molecular weight is 193 g/mol. The van der Waals surface area contributed by atoms with Gasteiger partial charge in [-0.2, -0.15) is 4.98 Å². The molecule has 0 radical (unpaired) electrons. The SMILES string of the molecule is C(NC1CC1)c1nc(CC2CC2)no1. The maximum atomic E-state index is 5.15. The molecule has 0 unspecified atom stereocenters. The molecule has 4 nitrogen and oxygen atoms in total. The Hall–Kier alpha value is -0.900. The first kappa shape index (κ1) is 8.41. The maximum absolute atomic E-state index is 5.15. The van der Waals surface area contributed by atoms with E-state index in [2.05, 4.69) is 15.5 Å². The van der Waals surface area contributed by atoms with Crippen LogP contribution in [0.4, 0.5) is 0 Å². The van der Waals surface area contributed by atoms with E-state index in [9.17, 15) is 0 Å². The van der Waals surface area contributed by atoms with E-state index in [0.29, 0.717) is 6.04 Å². The highest BCUT2D eigenvalue weighted by atomic mass is 16.5. The van der Waals surface area contributed by atoms with E-state index in [0.717, 1.165) is 30.6 Å². The Morgan fingerprint density at radius 3 is 2.86 bits per heavy atom. The largest absolute Gasteiger partial charge is 0.338 e. The summed E-state index contributed by atoms with van der Waals surface area (Å²) in [4.78, 5) is 4.35. The number of hydrogen-bond acceptors (Lipinski definition) is 4. The number of aromatic nitrogens is 2. The first-order valence-electron chi connectivity index (χ1n) is 5.45. The summed E-state index contributed by atoms with van der Waals surface area (Å²) in [5.74, 6) is 2.46. The molecular formula is C10H15N3O. The van der Waals surface area contributed by atoms with E-state index in [-0.39, 0.29) is 0 Å². The monoisotopic (exact) mass is 193 g/mol. The molecule has 0 aliphatic heterocycles. The molecule has 76 valence electrons. The molecule has 0 aromatic carbocycles. The van der Waals surface area contributed by atoms with E-state index in [1.54, 1.807) is 0 Å². The molecule has 0 atom stereocenters. The second kappa shape index (κ2) is 3.35. The van der Waals surface area contributed by atoms with Crippen LogP contribution in [0.5, 0.6) is 0 Å². The van der Waals surface area contributed by atoms with Gasteiger partial charge >= 0.3 is 0 Å². The molecule has 2 aliphatic rings. The lowest BCUT2D eigenvalue weighted by molar-refractivity contribution is 0.361. The first-order valence-corrected chi connectivity index (χ1v) is 5.45. The highest BCUT2D eigenvalue weighted by molar-refractivity contribution is 4.92. The van der Waals surface area contributed by atoms with Crippen LogP contribution in [0.3, 0.4) is 0 Å². The Labute approximate surface area is 83.1 Å². The van der Waals surface area contributed by atoms with Crippen molar-refractivity contribution in [2.75, 3.05) is 0 Å². The van der Waals surface area contributed by atoms with Crippen molar-refractivity contribution in [3.63, 3.8) is 0 Å². The Bertz CT molecular complexity index is 315. The van der Waals surface area contributed by atoms with E-state index in [1.165, 1.54) is 25.7 Å². The average Bonchev–Trinajstić information content (AvgIpc) is 3.06. The van der Waals surface area contributed by atoms with Gasteiger partial charge in [-0.25, -0.2) is 0 Å². The number of nitrogens with one attached hydrogen (secondary N) is 1. The summed E-state index contributed by atoms with van der Waals surface area (Å²) >= 11 is 0. The molecule has 1 N–H and O–H groups in total. The predicted molar refractivity (Wildman–Crippen MR) is 50.6 cm³/mol. The van der Waals surface area contributed by atoms with Crippen molar-refractivity contribution >= 4 is 0 Å². The fourth-order valence-corrected chi connectivity index (χ4v) is 1.54. The molecule has 2 fully saturated rings. The fourth-order valence-electron chi connectivity index (χ4n) is 1.54. The van der Waals surface area contributed by atoms with Gasteiger partial charge in [0.1, 0.15) is 0 Å². The van der Waals surface area contributed by atoms with Gasteiger partial charge in [-0.3, -0.25) is 0 Å². The topological polar surface area (TPSA) is 51.0 Å². The van der Waals surface area contributed by atoms with Gasteiger partial charge < -0.3 is 9.84 Å². The molecular weight excluding hydrogens is 178 g/mol. The van der Waals surface area contributed by atoms with E-state index in [1.807, 2.05) is 0 Å². The highest BCUT2D eigenvalue weighted by Gasteiger charge is 2.24. The Morgan fingerprint density at radius 1 is 1.29 bits per heavy atom. The molecule has 3 rings (SSSR count). The summed E-state index contributed by atoms with van der Waals surface area (Å²) in [6.45, 7) is 0.738. The maximum Gasteiger partial charge on any atom is 0.240 e. The van der Waals surface area contributed by atoms with E-state index >= 15 is 0 Å². The van der Waals surface area contributed by atoms with Crippen LogP contribution in [0.1, 0.15) is 37.4 Å². The lowest BCUT2D eigenvalue weighted by Crippen LogP contribution is -2.15. The molecule has 0 bridgehead atoms. The van der Waals surface area contributed by atoms with Crippen molar-refractivity contribution in [1.82, 2.24) is 15.5 Å². The van der Waals surface area contributed by atoms with Gasteiger partial charge in [0.2, 0.25) is 5.89 Å². The van der Waals surface area contributed by atoms with Crippen molar-refractivity contribution in [3.05, 3.63) is 11.7 Å². The number of nitrogens with zero attached hydrogens (tertiary/aromatic N) is 2. The van der Waals surface area contributed by atoms with Crippen molar-refractivity contribution in [2.24, 2.45) is 5.92 Å². The quantitative estimate of drug-likeness (QED) is 0.765. The molecule has 0 saturated heterocycles. The van der Waals surface area contributed by atoms with Crippen LogP contribution in [0.25, 0.3) is 0 Å². The molecule has 1 heterocycles. The van der Waals surface area contributed by atoms with E-state index < -0.39 is 0 Å². The number of hydrogen-bond donors (Lipinski definition) is 1. The first-order chi connectivity index (χ1) is 6.90. The summed E-state index contributed by atoms with van der Waals surface area (Å²) in [5.41, 5.74) is 0. The van der Waals surface area contributed by atoms with Crippen LogP contribution in [-0.2, 0) is 13.0 Å². The van der Waals surface area contributed by atoms with Crippen molar-refractivity contribution in [1.29, 1.82) is 0 Å². The molecule has 0 spiro atoms. The van der Waals surface area contributed by atoms with Gasteiger partial charge in [0, 0.05) is 12.5 Å². The summed E-state index contributed by atoms with van der Waals surface area (Å²) in [6, 6.07) is 0.703. The van der Waals surface area contributed by atoms with Crippen molar-refractivity contribution < 1.29 is 4.52 Å². The van der Waals surface area contributed by atoms with Crippen LogP contribution < -0.4 is 5.32 Å². The zero-order valence-corrected chi connectivity index (χ0v) is 8.20. The smallest absolute Gasteiger partial charge is 0.240 e. The molecule has 4 heteroatoms. The second-order valence-electron chi connectivity index (χ2n) is 4.41. The molecule has 14 heavy (non-hydrogen) atoms. The summed E-state index contributed by atoms with van der Waals surface area (Å²) in [5, 5.41) is 7.33. The Kier molecular flexibility index (Phi) is 2.01. The van der Waals surface area contributed by atoms with Gasteiger partial charge in [-0.15, -0.1) is 0 Å². The Balaban J connectivity index is 1.52. The van der Waals surface area contributed by atoms with Crippen LogP contribution in [0, 0.1) is 5.92 Å². The third-order valence-corrected chi connectivity index (χ3v) is 2.80. The molecule has 0 amide bonds. The Morgan fingerprint density at radius 2 is 2.14 bits per heavy atom. The minimum absolute atomic E-state index is 0.703. The normalized spacial score (nSPS) is 21.4. The van der Waals surface area contributed by atoms with Crippen LogP contribution in [-0.4, -0.2) is 16.2 Å². The summed E-state index contributed by atoms with van der Waals surface area (Å²) < 4.78 is 5.15. The van der Waals surface area contributed by atoms with Crippen LogP contribution in [0.2, 0.25) is 0 Å². The molecule has 2 aliphatic carbocycles. The molecule has 1 aromatic rings. The minimum atomic E-state index is 0.703. The third-order valence-electron chi connectivity index (χ3n) is 2.80. The lowest BCUT2D eigenvalue weighted by atomic mass is 10.3. The zero-order valence-electron chi connectivity index (χ0n) is 8.20. The zero-order chi connectivity index (χ0) is 9.38. The van der Waals surface area contributed by atoms with Gasteiger partial charge in [-0.1, -0.05) is 5.16 Å². The van der Waals surface area contributed by atoms with E-state index in [4.69, 9.17) is 4.52 Å². The fraction of sp³-hybridized carbons (Fsp3) is 0.800. The van der Waals surface area contributed by atoms with Crippen molar-refractivity contribution in [3.8, 4) is 0 Å². The van der Waals surface area contributed by atoms with Gasteiger partial charge in [0.25, 0.3) is 0 Å². The number of rotatable bonds is 5. The molecule has 2 saturated carbocycles. The summed E-state index contributed by atoms with van der Waals surface area (Å²) in [6.07, 6.45) is 6.27. The van der Waals surface area contributed by atoms with Gasteiger partial charge in [0.15, 0.2) is 5.82 Å². The van der Waals surface area contributed by atoms with Gasteiger partial charge in [-0.05, 0) is 31.6 Å². The summed E-state index contributed by atoms with van der Waals surface area (Å²) in [7, 11) is 0. The van der Waals surface area contributed by atoms with Crippen LogP contribution in [0.15, 0.2) is 4.52 Å². The lowest BCUT2D eigenvalue weighted by Gasteiger charge is -1.94. The standard InChI is InChI=1S/C10H15N3O/c1-2-7(1)5-9-12-10(14-13-9)6-11-8-3-4-8/h7-8,11H,1-6H2. The second-order valence-corrected chi connectivity index (χ2v) is 4.41.